The first-order chi connectivity index (χ1) is 7.90. The second-order valence-corrected chi connectivity index (χ2v) is 5.16. The van der Waals surface area contributed by atoms with Gasteiger partial charge in [0.2, 0.25) is 0 Å². The van der Waals surface area contributed by atoms with Gasteiger partial charge in [-0.1, -0.05) is 25.5 Å². The van der Waals surface area contributed by atoms with E-state index in [1.807, 2.05) is 0 Å². The predicted octanol–water partition coefficient (Wildman–Crippen LogP) is 2.56. The zero-order chi connectivity index (χ0) is 11.2. The fourth-order valence-corrected chi connectivity index (χ4v) is 2.96. The molecular weight excluding hydrogens is 196 g/mol. The van der Waals surface area contributed by atoms with Crippen molar-refractivity contribution in [1.82, 2.24) is 10.2 Å². The Morgan fingerprint density at radius 1 is 1.25 bits per heavy atom. The zero-order valence-corrected chi connectivity index (χ0v) is 10.6. The van der Waals surface area contributed by atoms with Gasteiger partial charge in [0.25, 0.3) is 0 Å². The second-order valence-electron chi connectivity index (χ2n) is 5.16. The highest BCUT2D eigenvalue weighted by molar-refractivity contribution is 4.99. The molecule has 0 bridgehead atoms. The van der Waals surface area contributed by atoms with Crippen LogP contribution >= 0.6 is 0 Å². The molecule has 1 saturated heterocycles. The van der Waals surface area contributed by atoms with Crippen molar-refractivity contribution in [3.05, 3.63) is 12.2 Å². The van der Waals surface area contributed by atoms with E-state index in [0.29, 0.717) is 6.04 Å². The van der Waals surface area contributed by atoms with Crippen molar-refractivity contribution in [2.45, 2.75) is 57.5 Å². The van der Waals surface area contributed by atoms with E-state index < -0.39 is 0 Å². The lowest BCUT2D eigenvalue weighted by molar-refractivity contribution is 0.188. The molecule has 92 valence electrons. The zero-order valence-electron chi connectivity index (χ0n) is 10.6. The van der Waals surface area contributed by atoms with Gasteiger partial charge in [-0.2, -0.15) is 0 Å². The first kappa shape index (κ1) is 12.1. The predicted molar refractivity (Wildman–Crippen MR) is 69.7 cm³/mol. The van der Waals surface area contributed by atoms with E-state index in [2.05, 4.69) is 29.3 Å². The van der Waals surface area contributed by atoms with Crippen molar-refractivity contribution in [1.29, 1.82) is 0 Å². The SMILES string of the molecule is CCN(CC1CCCCN1)C1C=CCCC1. The summed E-state index contributed by atoms with van der Waals surface area (Å²) in [5.74, 6) is 0. The Bertz CT molecular complexity index is 219. The van der Waals surface area contributed by atoms with Crippen LogP contribution in [0.15, 0.2) is 12.2 Å². The number of nitrogens with zero attached hydrogens (tertiary/aromatic N) is 1. The maximum atomic E-state index is 3.66. The topological polar surface area (TPSA) is 15.3 Å². The molecule has 0 spiro atoms. The molecule has 0 saturated carbocycles. The molecule has 2 aliphatic rings. The maximum Gasteiger partial charge on any atom is 0.0278 e. The summed E-state index contributed by atoms with van der Waals surface area (Å²) in [6.45, 7) is 5.95. The van der Waals surface area contributed by atoms with Crippen LogP contribution in [-0.2, 0) is 0 Å². The molecule has 2 unspecified atom stereocenters. The van der Waals surface area contributed by atoms with Crippen molar-refractivity contribution in [2.75, 3.05) is 19.6 Å². The Kier molecular flexibility index (Phi) is 4.86. The summed E-state index contributed by atoms with van der Waals surface area (Å²) in [6.07, 6.45) is 13.0. The number of hydrogen-bond donors (Lipinski definition) is 1. The van der Waals surface area contributed by atoms with Crippen LogP contribution in [0.3, 0.4) is 0 Å². The molecular formula is C14H26N2. The van der Waals surface area contributed by atoms with Gasteiger partial charge in [0.15, 0.2) is 0 Å². The van der Waals surface area contributed by atoms with Gasteiger partial charge in [0.1, 0.15) is 0 Å². The maximum absolute atomic E-state index is 3.66. The minimum absolute atomic E-state index is 0.711. The third-order valence-electron chi connectivity index (χ3n) is 3.97. The van der Waals surface area contributed by atoms with Gasteiger partial charge in [-0.25, -0.2) is 0 Å². The van der Waals surface area contributed by atoms with Crippen LogP contribution in [0.25, 0.3) is 0 Å². The molecule has 2 rings (SSSR count). The lowest BCUT2D eigenvalue weighted by Crippen LogP contribution is -2.47. The molecule has 0 radical (unpaired) electrons. The summed E-state index contributed by atoms with van der Waals surface area (Å²) in [5, 5.41) is 3.66. The summed E-state index contributed by atoms with van der Waals surface area (Å²) < 4.78 is 0. The van der Waals surface area contributed by atoms with E-state index in [0.717, 1.165) is 6.04 Å². The third kappa shape index (κ3) is 3.33. The summed E-state index contributed by atoms with van der Waals surface area (Å²) in [6, 6.07) is 1.45. The second kappa shape index (κ2) is 6.41. The van der Waals surface area contributed by atoms with E-state index in [1.165, 1.54) is 58.2 Å². The molecule has 1 aliphatic heterocycles. The van der Waals surface area contributed by atoms with Crippen LogP contribution in [0.4, 0.5) is 0 Å². The minimum atomic E-state index is 0.711. The van der Waals surface area contributed by atoms with Gasteiger partial charge >= 0.3 is 0 Å². The highest BCUT2D eigenvalue weighted by atomic mass is 15.2. The Hall–Kier alpha value is -0.340. The van der Waals surface area contributed by atoms with Gasteiger partial charge in [-0.15, -0.1) is 0 Å². The van der Waals surface area contributed by atoms with Crippen molar-refractivity contribution in [3.63, 3.8) is 0 Å². The van der Waals surface area contributed by atoms with Crippen molar-refractivity contribution >= 4 is 0 Å². The number of rotatable bonds is 4. The highest BCUT2D eigenvalue weighted by Gasteiger charge is 2.21. The molecule has 1 N–H and O–H groups in total. The molecule has 0 amide bonds. The molecule has 16 heavy (non-hydrogen) atoms. The van der Waals surface area contributed by atoms with E-state index in [-0.39, 0.29) is 0 Å². The van der Waals surface area contributed by atoms with Gasteiger partial charge in [-0.3, -0.25) is 4.90 Å². The molecule has 0 aromatic carbocycles. The molecule has 2 nitrogen and oxygen atoms in total. The van der Waals surface area contributed by atoms with Crippen LogP contribution in [0.2, 0.25) is 0 Å². The number of likely N-dealkylation sites (N-methyl/N-ethyl adjacent to an activating group) is 1. The van der Waals surface area contributed by atoms with E-state index in [4.69, 9.17) is 0 Å². The smallest absolute Gasteiger partial charge is 0.0278 e. The molecule has 1 heterocycles. The lowest BCUT2D eigenvalue weighted by Gasteiger charge is -2.35. The first-order valence-electron chi connectivity index (χ1n) is 7.04. The van der Waals surface area contributed by atoms with Crippen LogP contribution in [0, 0.1) is 0 Å². The number of piperidine rings is 1. The Morgan fingerprint density at radius 3 is 2.81 bits per heavy atom. The average Bonchev–Trinajstić information content (AvgIpc) is 2.38. The van der Waals surface area contributed by atoms with Crippen molar-refractivity contribution in [2.24, 2.45) is 0 Å². The molecule has 0 aromatic heterocycles. The van der Waals surface area contributed by atoms with Gasteiger partial charge < -0.3 is 5.32 Å². The summed E-state index contributed by atoms with van der Waals surface area (Å²) >= 11 is 0. The normalized spacial score (nSPS) is 30.9. The summed E-state index contributed by atoms with van der Waals surface area (Å²) in [4.78, 5) is 2.65. The van der Waals surface area contributed by atoms with Crippen LogP contribution in [0.1, 0.15) is 45.4 Å². The van der Waals surface area contributed by atoms with Crippen molar-refractivity contribution < 1.29 is 0 Å². The molecule has 0 aromatic rings. The number of hydrogen-bond acceptors (Lipinski definition) is 2. The Balaban J connectivity index is 1.83. The highest BCUT2D eigenvalue weighted by Crippen LogP contribution is 2.18. The number of nitrogens with one attached hydrogen (secondary N) is 1. The number of allylic oxidation sites excluding steroid dienone is 1. The summed E-state index contributed by atoms with van der Waals surface area (Å²) in [5.41, 5.74) is 0. The molecule has 2 heteroatoms. The van der Waals surface area contributed by atoms with E-state index in [9.17, 15) is 0 Å². The molecule has 1 fully saturated rings. The quantitative estimate of drug-likeness (QED) is 0.735. The van der Waals surface area contributed by atoms with Gasteiger partial charge in [0.05, 0.1) is 0 Å². The standard InChI is InChI=1S/C14H26N2/c1-2-16(14-9-4-3-5-10-14)12-13-8-6-7-11-15-13/h4,9,13-15H,2-3,5-8,10-12H2,1H3. The average molecular weight is 222 g/mol. The largest absolute Gasteiger partial charge is 0.313 e. The van der Waals surface area contributed by atoms with E-state index >= 15 is 0 Å². The third-order valence-corrected chi connectivity index (χ3v) is 3.97. The molecule has 2 atom stereocenters. The Labute approximate surface area is 100 Å². The van der Waals surface area contributed by atoms with Crippen LogP contribution < -0.4 is 5.32 Å². The molecule has 1 aliphatic carbocycles. The van der Waals surface area contributed by atoms with Gasteiger partial charge in [-0.05, 0) is 45.2 Å². The van der Waals surface area contributed by atoms with Crippen LogP contribution in [0.5, 0.6) is 0 Å². The fourth-order valence-electron chi connectivity index (χ4n) is 2.96. The monoisotopic (exact) mass is 222 g/mol. The summed E-state index contributed by atoms with van der Waals surface area (Å²) in [7, 11) is 0. The first-order valence-corrected chi connectivity index (χ1v) is 7.04. The van der Waals surface area contributed by atoms with Crippen LogP contribution in [-0.4, -0.2) is 36.6 Å². The van der Waals surface area contributed by atoms with Gasteiger partial charge in [0, 0.05) is 18.6 Å². The fraction of sp³-hybridized carbons (Fsp3) is 0.857. The van der Waals surface area contributed by atoms with Crippen molar-refractivity contribution in [3.8, 4) is 0 Å². The van der Waals surface area contributed by atoms with E-state index in [1.54, 1.807) is 0 Å². The Morgan fingerprint density at radius 2 is 2.19 bits per heavy atom. The lowest BCUT2D eigenvalue weighted by atomic mass is 9.99. The minimum Gasteiger partial charge on any atom is -0.313 e.